The minimum Gasteiger partial charge on any atom is -0.469 e. The molecule has 0 saturated heterocycles. The number of esters is 1. The van der Waals surface area contributed by atoms with Crippen molar-refractivity contribution in [1.29, 1.82) is 0 Å². The minimum atomic E-state index is -0.175. The fourth-order valence-corrected chi connectivity index (χ4v) is 4.11. The summed E-state index contributed by atoms with van der Waals surface area (Å²) in [5.41, 5.74) is 1.71. The summed E-state index contributed by atoms with van der Waals surface area (Å²) in [6.07, 6.45) is 3.45. The standard InChI is InChI=1S/C17H22FNO2/c1-10-7-11(3-6-14(10)18)9-19-16-13-5-4-12(8-13)15(16)17(20)21-2/h3,6-7,12-13,15-16,19H,4-5,8-9H2,1-2H3/t12?,13-,15-,16+/m1/s1. The summed E-state index contributed by atoms with van der Waals surface area (Å²) in [6, 6.07) is 5.37. The van der Waals surface area contributed by atoms with Gasteiger partial charge in [0.2, 0.25) is 0 Å². The number of ether oxygens (including phenoxy) is 1. The number of fused-ring (bicyclic) bond motifs is 2. The van der Waals surface area contributed by atoms with Crippen molar-refractivity contribution >= 4 is 5.97 Å². The van der Waals surface area contributed by atoms with E-state index in [1.54, 1.807) is 13.0 Å². The van der Waals surface area contributed by atoms with Crippen molar-refractivity contribution in [2.24, 2.45) is 17.8 Å². The Morgan fingerprint density at radius 3 is 2.86 bits per heavy atom. The van der Waals surface area contributed by atoms with E-state index in [9.17, 15) is 9.18 Å². The van der Waals surface area contributed by atoms with Gasteiger partial charge in [0, 0.05) is 12.6 Å². The lowest BCUT2D eigenvalue weighted by Crippen LogP contribution is -2.44. The van der Waals surface area contributed by atoms with Crippen molar-refractivity contribution in [2.75, 3.05) is 7.11 Å². The molecule has 2 saturated carbocycles. The van der Waals surface area contributed by atoms with Gasteiger partial charge in [-0.3, -0.25) is 4.79 Å². The third-order valence-corrected chi connectivity index (χ3v) is 5.15. The summed E-state index contributed by atoms with van der Waals surface area (Å²) in [5.74, 6) is 0.756. The van der Waals surface area contributed by atoms with Crippen LogP contribution < -0.4 is 5.32 Å². The smallest absolute Gasteiger partial charge is 0.310 e. The second kappa shape index (κ2) is 5.76. The number of carbonyl (C=O) groups excluding carboxylic acids is 1. The Bertz CT molecular complexity index is 546. The van der Waals surface area contributed by atoms with E-state index in [1.165, 1.54) is 19.6 Å². The van der Waals surface area contributed by atoms with Crippen LogP contribution in [0, 0.1) is 30.5 Å². The largest absolute Gasteiger partial charge is 0.469 e. The van der Waals surface area contributed by atoms with E-state index in [-0.39, 0.29) is 23.7 Å². The lowest BCUT2D eigenvalue weighted by molar-refractivity contribution is -0.148. The van der Waals surface area contributed by atoms with Gasteiger partial charge in [-0.25, -0.2) is 4.39 Å². The number of hydrogen-bond acceptors (Lipinski definition) is 3. The van der Waals surface area contributed by atoms with Gasteiger partial charge in [0.15, 0.2) is 0 Å². The number of carbonyl (C=O) groups is 1. The molecule has 2 fully saturated rings. The molecule has 4 atom stereocenters. The molecule has 21 heavy (non-hydrogen) atoms. The molecule has 0 amide bonds. The Balaban J connectivity index is 1.68. The van der Waals surface area contributed by atoms with Crippen molar-refractivity contribution in [3.8, 4) is 0 Å². The van der Waals surface area contributed by atoms with Gasteiger partial charge < -0.3 is 10.1 Å². The molecule has 0 radical (unpaired) electrons. The highest BCUT2D eigenvalue weighted by atomic mass is 19.1. The van der Waals surface area contributed by atoms with Crippen molar-refractivity contribution in [2.45, 2.75) is 38.8 Å². The molecule has 3 rings (SSSR count). The molecule has 1 aromatic carbocycles. The highest BCUT2D eigenvalue weighted by Gasteiger charge is 2.51. The second-order valence-electron chi connectivity index (χ2n) is 6.37. The maximum Gasteiger partial charge on any atom is 0.310 e. The topological polar surface area (TPSA) is 38.3 Å². The Hall–Kier alpha value is -1.42. The molecule has 1 aromatic rings. The number of hydrogen-bond donors (Lipinski definition) is 1. The van der Waals surface area contributed by atoms with Gasteiger partial charge in [-0.05, 0) is 55.2 Å². The van der Waals surface area contributed by atoms with E-state index < -0.39 is 0 Å². The van der Waals surface area contributed by atoms with Gasteiger partial charge in [-0.1, -0.05) is 12.1 Å². The first-order valence-electron chi connectivity index (χ1n) is 7.66. The lowest BCUT2D eigenvalue weighted by Gasteiger charge is -2.30. The normalized spacial score (nSPS) is 30.6. The van der Waals surface area contributed by atoms with Crippen molar-refractivity contribution in [1.82, 2.24) is 5.32 Å². The molecule has 0 spiro atoms. The second-order valence-corrected chi connectivity index (χ2v) is 6.37. The fraction of sp³-hybridized carbons (Fsp3) is 0.588. The van der Waals surface area contributed by atoms with Crippen LogP contribution in [0.3, 0.4) is 0 Å². The van der Waals surface area contributed by atoms with Crippen LogP contribution in [0.15, 0.2) is 18.2 Å². The van der Waals surface area contributed by atoms with Gasteiger partial charge in [-0.15, -0.1) is 0 Å². The zero-order chi connectivity index (χ0) is 15.0. The molecule has 4 heteroatoms. The fourth-order valence-electron chi connectivity index (χ4n) is 4.11. The number of benzene rings is 1. The molecular weight excluding hydrogens is 269 g/mol. The third-order valence-electron chi connectivity index (χ3n) is 5.15. The first-order chi connectivity index (χ1) is 10.1. The Labute approximate surface area is 124 Å². The van der Waals surface area contributed by atoms with Crippen LogP contribution in [0.4, 0.5) is 4.39 Å². The van der Waals surface area contributed by atoms with E-state index in [0.717, 1.165) is 18.4 Å². The zero-order valence-electron chi connectivity index (χ0n) is 12.6. The summed E-state index contributed by atoms with van der Waals surface area (Å²) in [6.45, 7) is 2.44. The molecule has 0 heterocycles. The van der Waals surface area contributed by atoms with Gasteiger partial charge in [0.1, 0.15) is 5.82 Å². The van der Waals surface area contributed by atoms with Crippen LogP contribution in [-0.4, -0.2) is 19.1 Å². The molecule has 3 nitrogen and oxygen atoms in total. The SMILES string of the molecule is COC(=O)[C@@H]1C2CC[C@H](C2)[C@@H]1NCc1ccc(F)c(C)c1. The molecule has 1 unspecified atom stereocenters. The molecular formula is C17H22FNO2. The summed E-state index contributed by atoms with van der Waals surface area (Å²) in [7, 11) is 1.47. The molecule has 2 bridgehead atoms. The maximum absolute atomic E-state index is 13.3. The molecule has 2 aliphatic rings. The average Bonchev–Trinajstić information content (AvgIpc) is 3.08. The summed E-state index contributed by atoms with van der Waals surface area (Å²) in [5, 5.41) is 3.52. The van der Waals surface area contributed by atoms with Gasteiger partial charge in [0.25, 0.3) is 0 Å². The Morgan fingerprint density at radius 2 is 2.14 bits per heavy atom. The van der Waals surface area contributed by atoms with Crippen molar-refractivity contribution < 1.29 is 13.9 Å². The Kier molecular flexibility index (Phi) is 3.98. The summed E-state index contributed by atoms with van der Waals surface area (Å²) in [4.78, 5) is 12.0. The van der Waals surface area contributed by atoms with Gasteiger partial charge in [-0.2, -0.15) is 0 Å². The van der Waals surface area contributed by atoms with Crippen LogP contribution in [0.5, 0.6) is 0 Å². The van der Waals surface area contributed by atoms with E-state index in [0.29, 0.717) is 23.9 Å². The predicted molar refractivity (Wildman–Crippen MR) is 78.1 cm³/mol. The number of halogens is 1. The first-order valence-corrected chi connectivity index (χ1v) is 7.66. The van der Waals surface area contributed by atoms with E-state index >= 15 is 0 Å². The monoisotopic (exact) mass is 291 g/mol. The van der Waals surface area contributed by atoms with Crippen LogP contribution >= 0.6 is 0 Å². The number of nitrogens with one attached hydrogen (secondary N) is 1. The highest BCUT2D eigenvalue weighted by Crippen LogP contribution is 2.49. The number of rotatable bonds is 4. The highest BCUT2D eigenvalue weighted by molar-refractivity contribution is 5.74. The molecule has 2 aliphatic carbocycles. The molecule has 0 aromatic heterocycles. The number of aryl methyl sites for hydroxylation is 1. The quantitative estimate of drug-likeness (QED) is 0.867. The molecule has 114 valence electrons. The van der Waals surface area contributed by atoms with Crippen LogP contribution in [0.25, 0.3) is 0 Å². The third kappa shape index (κ3) is 2.69. The van der Waals surface area contributed by atoms with Crippen molar-refractivity contribution in [3.63, 3.8) is 0 Å². The maximum atomic E-state index is 13.3. The minimum absolute atomic E-state index is 0.0182. The average molecular weight is 291 g/mol. The van der Waals surface area contributed by atoms with E-state index in [1.807, 2.05) is 6.07 Å². The first kappa shape index (κ1) is 14.5. The predicted octanol–water partition coefficient (Wildman–Crippen LogP) is 2.81. The molecule has 1 N–H and O–H groups in total. The van der Waals surface area contributed by atoms with E-state index in [2.05, 4.69) is 5.32 Å². The number of methoxy groups -OCH3 is 1. The molecule has 0 aliphatic heterocycles. The zero-order valence-corrected chi connectivity index (χ0v) is 12.6. The van der Waals surface area contributed by atoms with Crippen LogP contribution in [-0.2, 0) is 16.1 Å². The van der Waals surface area contributed by atoms with Crippen LogP contribution in [0.1, 0.15) is 30.4 Å². The lowest BCUT2D eigenvalue weighted by atomic mass is 9.84. The summed E-state index contributed by atoms with van der Waals surface area (Å²) >= 11 is 0. The van der Waals surface area contributed by atoms with Crippen molar-refractivity contribution in [3.05, 3.63) is 35.1 Å². The van der Waals surface area contributed by atoms with Gasteiger partial charge >= 0.3 is 5.97 Å². The Morgan fingerprint density at radius 1 is 1.38 bits per heavy atom. The van der Waals surface area contributed by atoms with Gasteiger partial charge in [0.05, 0.1) is 13.0 Å². The van der Waals surface area contributed by atoms with E-state index in [4.69, 9.17) is 4.74 Å². The van der Waals surface area contributed by atoms with Crippen LogP contribution in [0.2, 0.25) is 0 Å². The summed E-state index contributed by atoms with van der Waals surface area (Å²) < 4.78 is 18.3.